The zero-order valence-electron chi connectivity index (χ0n) is 16.1. The van der Waals surface area contributed by atoms with Crippen molar-refractivity contribution in [2.45, 2.75) is 33.2 Å². The van der Waals surface area contributed by atoms with Crippen LogP contribution >= 0.6 is 0 Å². The van der Waals surface area contributed by atoms with Crippen LogP contribution in [-0.4, -0.2) is 24.2 Å². The van der Waals surface area contributed by atoms with Crippen molar-refractivity contribution in [3.8, 4) is 0 Å². The number of anilines is 1. The van der Waals surface area contributed by atoms with Gasteiger partial charge in [0.25, 0.3) is 5.91 Å². The summed E-state index contributed by atoms with van der Waals surface area (Å²) in [7, 11) is 0. The molecule has 0 aliphatic carbocycles. The number of likely N-dealkylation sites (N-methyl/N-ethyl adjacent to an activating group) is 1. The Hall–Kier alpha value is -2.95. The molecule has 0 fully saturated rings. The highest BCUT2D eigenvalue weighted by Crippen LogP contribution is 2.38. The van der Waals surface area contributed by atoms with Gasteiger partial charge < -0.3 is 4.90 Å². The first-order valence-corrected chi connectivity index (χ1v) is 9.02. The number of carbonyl (C=O) groups excluding carboxylic acids is 1. The standard InChI is InChI=1S/C22H24FN3O/c1-5-26-20-11-6-16(12-19(20)15(2)13-22(26,3)4)14-24-25-21(27)17-7-9-18(23)10-8-17/h6-14H,5H2,1-4H3,(H,25,27)/b24-14-. The Kier molecular flexibility index (Phi) is 5.13. The minimum absolute atomic E-state index is 0.0232. The molecule has 0 radical (unpaired) electrons. The molecule has 2 aromatic rings. The molecule has 5 heteroatoms. The van der Waals surface area contributed by atoms with Gasteiger partial charge in [-0.05, 0) is 75.2 Å². The van der Waals surface area contributed by atoms with Gasteiger partial charge in [-0.2, -0.15) is 5.10 Å². The van der Waals surface area contributed by atoms with Gasteiger partial charge in [0.2, 0.25) is 0 Å². The number of hydrogen-bond donors (Lipinski definition) is 1. The maximum absolute atomic E-state index is 12.9. The molecule has 4 nitrogen and oxygen atoms in total. The van der Waals surface area contributed by atoms with Crippen LogP contribution in [0.15, 0.2) is 53.6 Å². The minimum Gasteiger partial charge on any atom is -0.363 e. The van der Waals surface area contributed by atoms with Crippen LogP contribution < -0.4 is 10.3 Å². The third-order valence-electron chi connectivity index (χ3n) is 4.80. The number of rotatable bonds is 4. The van der Waals surface area contributed by atoms with Gasteiger partial charge in [-0.25, -0.2) is 9.82 Å². The molecule has 0 saturated heterocycles. The summed E-state index contributed by atoms with van der Waals surface area (Å²) >= 11 is 0. The van der Waals surface area contributed by atoms with Crippen molar-refractivity contribution >= 4 is 23.4 Å². The topological polar surface area (TPSA) is 44.7 Å². The quantitative estimate of drug-likeness (QED) is 0.635. The highest BCUT2D eigenvalue weighted by molar-refractivity contribution is 5.95. The molecule has 0 atom stereocenters. The monoisotopic (exact) mass is 365 g/mol. The first kappa shape index (κ1) is 18.8. The van der Waals surface area contributed by atoms with E-state index in [2.05, 4.69) is 61.3 Å². The number of carbonyl (C=O) groups is 1. The molecule has 140 valence electrons. The second-order valence-corrected chi connectivity index (χ2v) is 7.21. The number of hydrogen-bond acceptors (Lipinski definition) is 3. The Bertz CT molecular complexity index is 914. The molecule has 27 heavy (non-hydrogen) atoms. The summed E-state index contributed by atoms with van der Waals surface area (Å²) in [6.45, 7) is 9.61. The van der Waals surface area contributed by atoms with Gasteiger partial charge in [-0.1, -0.05) is 12.1 Å². The van der Waals surface area contributed by atoms with Gasteiger partial charge in [0, 0.05) is 23.4 Å². The number of hydrazone groups is 1. The fraction of sp³-hybridized carbons (Fsp3) is 0.273. The van der Waals surface area contributed by atoms with E-state index in [9.17, 15) is 9.18 Å². The zero-order chi connectivity index (χ0) is 19.6. The first-order valence-electron chi connectivity index (χ1n) is 9.02. The van der Waals surface area contributed by atoms with Crippen molar-refractivity contribution < 1.29 is 9.18 Å². The van der Waals surface area contributed by atoms with Crippen molar-refractivity contribution in [1.82, 2.24) is 5.43 Å². The molecule has 1 aliphatic rings. The van der Waals surface area contributed by atoms with Crippen LogP contribution in [0.1, 0.15) is 49.2 Å². The molecule has 3 rings (SSSR count). The Morgan fingerprint density at radius 1 is 1.22 bits per heavy atom. The van der Waals surface area contributed by atoms with Crippen molar-refractivity contribution in [3.05, 3.63) is 71.0 Å². The predicted molar refractivity (Wildman–Crippen MR) is 109 cm³/mol. The smallest absolute Gasteiger partial charge is 0.271 e. The molecule has 1 aliphatic heterocycles. The summed E-state index contributed by atoms with van der Waals surface area (Å²) in [4.78, 5) is 14.4. The molecule has 0 spiro atoms. The van der Waals surface area contributed by atoms with Crippen molar-refractivity contribution in [3.63, 3.8) is 0 Å². The third kappa shape index (κ3) is 3.92. The van der Waals surface area contributed by atoms with E-state index in [0.717, 1.165) is 12.1 Å². The maximum Gasteiger partial charge on any atom is 0.271 e. The molecule has 0 unspecified atom stereocenters. The lowest BCUT2D eigenvalue weighted by atomic mass is 9.88. The largest absolute Gasteiger partial charge is 0.363 e. The van der Waals surface area contributed by atoms with E-state index in [0.29, 0.717) is 5.56 Å². The summed E-state index contributed by atoms with van der Waals surface area (Å²) in [5.74, 6) is -0.754. The van der Waals surface area contributed by atoms with E-state index in [4.69, 9.17) is 0 Å². The highest BCUT2D eigenvalue weighted by Gasteiger charge is 2.29. The number of fused-ring (bicyclic) bond motifs is 1. The third-order valence-corrected chi connectivity index (χ3v) is 4.80. The van der Waals surface area contributed by atoms with Crippen LogP contribution in [0.5, 0.6) is 0 Å². The lowest BCUT2D eigenvalue weighted by molar-refractivity contribution is 0.0955. The summed E-state index contributed by atoms with van der Waals surface area (Å²) in [5, 5.41) is 4.03. The normalized spacial score (nSPS) is 15.4. The van der Waals surface area contributed by atoms with E-state index >= 15 is 0 Å². The van der Waals surface area contributed by atoms with E-state index in [1.807, 2.05) is 6.07 Å². The van der Waals surface area contributed by atoms with Gasteiger partial charge in [-0.15, -0.1) is 0 Å². The van der Waals surface area contributed by atoms with Crippen molar-refractivity contribution in [1.29, 1.82) is 0 Å². The molecule has 0 saturated carbocycles. The molecular formula is C22H24FN3O. The number of allylic oxidation sites excluding steroid dienone is 1. The molecule has 2 aromatic carbocycles. The van der Waals surface area contributed by atoms with Crippen LogP contribution in [0.2, 0.25) is 0 Å². The molecule has 0 aromatic heterocycles. The van der Waals surface area contributed by atoms with Crippen LogP contribution in [0.25, 0.3) is 5.57 Å². The van der Waals surface area contributed by atoms with Crippen molar-refractivity contribution in [2.75, 3.05) is 11.4 Å². The second-order valence-electron chi connectivity index (χ2n) is 7.21. The summed E-state index contributed by atoms with van der Waals surface area (Å²) in [6.07, 6.45) is 3.89. The van der Waals surface area contributed by atoms with E-state index < -0.39 is 0 Å². The molecular weight excluding hydrogens is 341 g/mol. The van der Waals surface area contributed by atoms with Gasteiger partial charge >= 0.3 is 0 Å². The van der Waals surface area contributed by atoms with Crippen LogP contribution in [0, 0.1) is 5.82 Å². The van der Waals surface area contributed by atoms with E-state index in [-0.39, 0.29) is 17.3 Å². The Morgan fingerprint density at radius 2 is 1.93 bits per heavy atom. The fourth-order valence-corrected chi connectivity index (χ4v) is 3.59. The average Bonchev–Trinajstić information content (AvgIpc) is 2.62. The summed E-state index contributed by atoms with van der Waals surface area (Å²) in [5.41, 5.74) is 7.31. The van der Waals surface area contributed by atoms with Gasteiger partial charge in [-0.3, -0.25) is 4.79 Å². The number of halogens is 1. The first-order chi connectivity index (χ1) is 12.8. The lowest BCUT2D eigenvalue weighted by Gasteiger charge is -2.42. The Morgan fingerprint density at radius 3 is 2.59 bits per heavy atom. The molecule has 1 N–H and O–H groups in total. The molecule has 0 bridgehead atoms. The number of nitrogens with one attached hydrogen (secondary N) is 1. The van der Waals surface area contributed by atoms with E-state index in [1.165, 1.54) is 41.1 Å². The average molecular weight is 365 g/mol. The van der Waals surface area contributed by atoms with Gasteiger partial charge in [0.1, 0.15) is 5.82 Å². The second kappa shape index (κ2) is 7.35. The maximum atomic E-state index is 12.9. The van der Waals surface area contributed by atoms with Gasteiger partial charge in [0.05, 0.1) is 11.8 Å². The van der Waals surface area contributed by atoms with E-state index in [1.54, 1.807) is 6.21 Å². The molecule has 1 heterocycles. The number of benzene rings is 2. The Balaban J connectivity index is 1.77. The predicted octanol–water partition coefficient (Wildman–Crippen LogP) is 4.61. The van der Waals surface area contributed by atoms with Crippen LogP contribution in [0.4, 0.5) is 10.1 Å². The van der Waals surface area contributed by atoms with Crippen LogP contribution in [0.3, 0.4) is 0 Å². The number of nitrogens with zero attached hydrogens (tertiary/aromatic N) is 2. The SMILES string of the molecule is CCN1c2ccc(/C=N\NC(=O)c3ccc(F)cc3)cc2C(C)=CC1(C)C. The van der Waals surface area contributed by atoms with Crippen LogP contribution in [-0.2, 0) is 0 Å². The van der Waals surface area contributed by atoms with Gasteiger partial charge in [0.15, 0.2) is 0 Å². The fourth-order valence-electron chi connectivity index (χ4n) is 3.59. The number of amides is 1. The minimum atomic E-state index is -0.378. The van der Waals surface area contributed by atoms with Crippen molar-refractivity contribution in [2.24, 2.45) is 5.10 Å². The summed E-state index contributed by atoms with van der Waals surface area (Å²) in [6, 6.07) is 11.5. The lowest BCUT2D eigenvalue weighted by Crippen LogP contribution is -2.44. The zero-order valence-corrected chi connectivity index (χ0v) is 16.1. The Labute approximate surface area is 159 Å². The highest BCUT2D eigenvalue weighted by atomic mass is 19.1. The summed E-state index contributed by atoms with van der Waals surface area (Å²) < 4.78 is 12.9. The molecule has 1 amide bonds.